The number of nitrogens with zero attached hydrogens (tertiary/aromatic N) is 1. The van der Waals surface area contributed by atoms with E-state index in [0.717, 1.165) is 52.4 Å². The molecule has 0 atom stereocenters. The van der Waals surface area contributed by atoms with Gasteiger partial charge < -0.3 is 9.32 Å². The number of fused-ring (bicyclic) bond motifs is 5. The van der Waals surface area contributed by atoms with Crippen LogP contribution in [0.15, 0.2) is 211 Å². The molecule has 0 spiro atoms. The molecule has 1 aliphatic rings. The SMILES string of the molecule is C1=Cc2oc3c(-c4ccc(N(c5ccc(-c6ccc7ccccc7c6)cc5)c5cccc(-c6ccc(-c7cccc8ccccc78)cc6)c5)cc4)cccc3c2CC1. The molecule has 0 aliphatic heterocycles. The van der Waals surface area contributed by atoms with Gasteiger partial charge in [0.05, 0.1) is 0 Å². The van der Waals surface area contributed by atoms with E-state index in [1.165, 1.54) is 65.9 Å². The first-order valence-electron chi connectivity index (χ1n) is 20.1. The molecule has 58 heavy (non-hydrogen) atoms. The average molecular weight is 742 g/mol. The van der Waals surface area contributed by atoms with Crippen molar-refractivity contribution in [3.63, 3.8) is 0 Å². The van der Waals surface area contributed by atoms with Crippen LogP contribution in [0.1, 0.15) is 17.7 Å². The Morgan fingerprint density at radius 1 is 0.379 bits per heavy atom. The Balaban J connectivity index is 0.973. The molecule has 0 fully saturated rings. The number of anilines is 3. The maximum Gasteiger partial charge on any atom is 0.142 e. The van der Waals surface area contributed by atoms with Crippen molar-refractivity contribution >= 4 is 55.7 Å². The molecule has 0 amide bonds. The van der Waals surface area contributed by atoms with Crippen LogP contribution in [0, 0.1) is 0 Å². The van der Waals surface area contributed by atoms with Crippen molar-refractivity contribution in [2.24, 2.45) is 0 Å². The quantitative estimate of drug-likeness (QED) is 0.162. The van der Waals surface area contributed by atoms with Gasteiger partial charge in [0.15, 0.2) is 0 Å². The number of rotatable bonds is 7. The number of allylic oxidation sites excluding steroid dienone is 1. The molecule has 274 valence electrons. The molecule has 0 N–H and O–H groups in total. The number of para-hydroxylation sites is 1. The smallest absolute Gasteiger partial charge is 0.142 e. The van der Waals surface area contributed by atoms with Crippen molar-refractivity contribution in [2.45, 2.75) is 12.8 Å². The summed E-state index contributed by atoms with van der Waals surface area (Å²) < 4.78 is 6.47. The molecule has 11 rings (SSSR count). The molecule has 1 heterocycles. The van der Waals surface area contributed by atoms with Crippen LogP contribution >= 0.6 is 0 Å². The fourth-order valence-electron chi connectivity index (χ4n) is 8.78. The van der Waals surface area contributed by atoms with Gasteiger partial charge in [0.25, 0.3) is 0 Å². The van der Waals surface area contributed by atoms with E-state index in [-0.39, 0.29) is 0 Å². The second kappa shape index (κ2) is 14.3. The van der Waals surface area contributed by atoms with Crippen LogP contribution < -0.4 is 4.90 Å². The van der Waals surface area contributed by atoms with Gasteiger partial charge in [-0.1, -0.05) is 164 Å². The molecule has 10 aromatic rings. The minimum Gasteiger partial charge on any atom is -0.456 e. The molecule has 2 heteroatoms. The van der Waals surface area contributed by atoms with Gasteiger partial charge in [-0.2, -0.15) is 0 Å². The van der Waals surface area contributed by atoms with E-state index in [4.69, 9.17) is 4.42 Å². The molecule has 0 saturated heterocycles. The highest BCUT2D eigenvalue weighted by atomic mass is 16.3. The molecule has 0 radical (unpaired) electrons. The van der Waals surface area contributed by atoms with Crippen molar-refractivity contribution < 1.29 is 4.42 Å². The predicted molar refractivity (Wildman–Crippen MR) is 245 cm³/mol. The van der Waals surface area contributed by atoms with Crippen molar-refractivity contribution in [3.8, 4) is 44.5 Å². The summed E-state index contributed by atoms with van der Waals surface area (Å²) in [5, 5.41) is 6.24. The Hall–Kier alpha value is -7.42. The number of furan rings is 1. The van der Waals surface area contributed by atoms with Gasteiger partial charge in [-0.25, -0.2) is 0 Å². The molecular weight excluding hydrogens is 703 g/mol. The second-order valence-electron chi connectivity index (χ2n) is 15.2. The van der Waals surface area contributed by atoms with Crippen molar-refractivity contribution in [1.29, 1.82) is 0 Å². The van der Waals surface area contributed by atoms with Gasteiger partial charge in [0.2, 0.25) is 0 Å². The molecule has 1 aromatic heterocycles. The minimum atomic E-state index is 0.965. The lowest BCUT2D eigenvalue weighted by atomic mass is 9.96. The summed E-state index contributed by atoms with van der Waals surface area (Å²) in [6.07, 6.45) is 6.40. The van der Waals surface area contributed by atoms with Gasteiger partial charge in [-0.05, 0) is 122 Å². The van der Waals surface area contributed by atoms with Crippen LogP contribution in [-0.2, 0) is 6.42 Å². The van der Waals surface area contributed by atoms with Crippen LogP contribution in [0.25, 0.3) is 83.1 Å². The van der Waals surface area contributed by atoms with Crippen LogP contribution in [0.4, 0.5) is 17.1 Å². The Labute approximate surface area is 338 Å². The van der Waals surface area contributed by atoms with Gasteiger partial charge in [-0.3, -0.25) is 0 Å². The van der Waals surface area contributed by atoms with E-state index in [0.29, 0.717) is 0 Å². The maximum atomic E-state index is 6.47. The summed E-state index contributed by atoms with van der Waals surface area (Å²) in [7, 11) is 0. The van der Waals surface area contributed by atoms with E-state index in [9.17, 15) is 0 Å². The molecule has 0 bridgehead atoms. The van der Waals surface area contributed by atoms with E-state index >= 15 is 0 Å². The average Bonchev–Trinajstić information content (AvgIpc) is 3.69. The lowest BCUT2D eigenvalue weighted by Gasteiger charge is -2.26. The van der Waals surface area contributed by atoms with Crippen LogP contribution in [0.3, 0.4) is 0 Å². The summed E-state index contributed by atoms with van der Waals surface area (Å²) in [5.41, 5.74) is 15.0. The normalized spacial score (nSPS) is 12.3. The van der Waals surface area contributed by atoms with Crippen molar-refractivity contribution in [1.82, 2.24) is 0 Å². The van der Waals surface area contributed by atoms with Gasteiger partial charge in [-0.15, -0.1) is 0 Å². The molecule has 0 unspecified atom stereocenters. The second-order valence-corrected chi connectivity index (χ2v) is 15.2. The highest BCUT2D eigenvalue weighted by Crippen LogP contribution is 2.41. The lowest BCUT2D eigenvalue weighted by Crippen LogP contribution is -2.10. The largest absolute Gasteiger partial charge is 0.456 e. The number of benzene rings is 9. The Kier molecular flexibility index (Phi) is 8.33. The zero-order valence-corrected chi connectivity index (χ0v) is 32.0. The third kappa shape index (κ3) is 6.07. The summed E-state index contributed by atoms with van der Waals surface area (Å²) in [6, 6.07) is 72.7. The summed E-state index contributed by atoms with van der Waals surface area (Å²) in [6.45, 7) is 0. The monoisotopic (exact) mass is 741 g/mol. The third-order valence-electron chi connectivity index (χ3n) is 11.7. The van der Waals surface area contributed by atoms with E-state index in [1.54, 1.807) is 0 Å². The molecule has 9 aromatic carbocycles. The highest BCUT2D eigenvalue weighted by molar-refractivity contribution is 5.98. The first kappa shape index (κ1) is 33.9. The van der Waals surface area contributed by atoms with Gasteiger partial charge in [0.1, 0.15) is 11.3 Å². The summed E-state index contributed by atoms with van der Waals surface area (Å²) in [5.74, 6) is 0.992. The fraction of sp³-hybridized carbons (Fsp3) is 0.0357. The van der Waals surface area contributed by atoms with Crippen LogP contribution in [0.2, 0.25) is 0 Å². The number of hydrogen-bond donors (Lipinski definition) is 0. The predicted octanol–water partition coefficient (Wildman–Crippen LogP) is 15.8. The van der Waals surface area contributed by atoms with Gasteiger partial charge >= 0.3 is 0 Å². The summed E-state index contributed by atoms with van der Waals surface area (Å²) in [4.78, 5) is 2.36. The Bertz CT molecular complexity index is 3140. The molecule has 2 nitrogen and oxygen atoms in total. The van der Waals surface area contributed by atoms with E-state index in [1.807, 2.05) is 0 Å². The molecule has 0 saturated carbocycles. The minimum absolute atomic E-state index is 0.965. The van der Waals surface area contributed by atoms with E-state index < -0.39 is 0 Å². The molecular formula is C56H39NO. The fourth-order valence-corrected chi connectivity index (χ4v) is 8.78. The third-order valence-corrected chi connectivity index (χ3v) is 11.7. The zero-order valence-electron chi connectivity index (χ0n) is 32.0. The van der Waals surface area contributed by atoms with Gasteiger partial charge in [0, 0.05) is 33.6 Å². The molecule has 1 aliphatic carbocycles. The Morgan fingerprint density at radius 3 is 1.76 bits per heavy atom. The standard InChI is InChI=1S/C56H39NO/c1-2-12-44-36-46(27-24-38(44)10-1)40-28-32-47(33-29-40)57(48-34-30-43(31-35-48)52-19-9-20-54-53-17-5-6-21-55(53)58-56(52)54)49-15-7-14-45(37-49)39-22-25-42(26-23-39)51-18-8-13-41-11-3-4-16-50(41)51/h1-4,6-16,18-37H,5,17H2. The lowest BCUT2D eigenvalue weighted by molar-refractivity contribution is 0.596. The zero-order chi connectivity index (χ0) is 38.4. The first-order valence-corrected chi connectivity index (χ1v) is 20.1. The summed E-state index contributed by atoms with van der Waals surface area (Å²) >= 11 is 0. The number of aryl methyl sites for hydroxylation is 1. The highest BCUT2D eigenvalue weighted by Gasteiger charge is 2.19. The first-order chi connectivity index (χ1) is 28.7. The van der Waals surface area contributed by atoms with Crippen molar-refractivity contribution in [3.05, 3.63) is 218 Å². The van der Waals surface area contributed by atoms with E-state index in [2.05, 4.69) is 217 Å². The van der Waals surface area contributed by atoms with Crippen LogP contribution in [-0.4, -0.2) is 0 Å². The topological polar surface area (TPSA) is 16.4 Å². The number of hydrogen-bond acceptors (Lipinski definition) is 2. The van der Waals surface area contributed by atoms with Crippen molar-refractivity contribution in [2.75, 3.05) is 4.90 Å². The maximum absolute atomic E-state index is 6.47. The van der Waals surface area contributed by atoms with Crippen LogP contribution in [0.5, 0.6) is 0 Å². The Morgan fingerprint density at radius 2 is 0.948 bits per heavy atom.